The Hall–Kier alpha value is -1.39. The van der Waals surface area contributed by atoms with Crippen LogP contribution in [0.1, 0.15) is 39.4 Å². The highest BCUT2D eigenvalue weighted by Gasteiger charge is 2.08. The van der Waals surface area contributed by atoms with Gasteiger partial charge in [-0.3, -0.25) is 0 Å². The first-order chi connectivity index (χ1) is 10.7. The third kappa shape index (κ3) is 4.82. The van der Waals surface area contributed by atoms with Crippen LogP contribution < -0.4 is 5.32 Å². The third-order valence-electron chi connectivity index (χ3n) is 3.56. The van der Waals surface area contributed by atoms with Gasteiger partial charge < -0.3 is 14.6 Å². The van der Waals surface area contributed by atoms with E-state index in [0.29, 0.717) is 5.92 Å². The summed E-state index contributed by atoms with van der Waals surface area (Å²) in [7, 11) is 0. The van der Waals surface area contributed by atoms with Crippen molar-refractivity contribution in [1.29, 1.82) is 0 Å². The van der Waals surface area contributed by atoms with E-state index in [9.17, 15) is 0 Å². The summed E-state index contributed by atoms with van der Waals surface area (Å²) in [6, 6.07) is 8.38. The number of fused-ring (bicyclic) bond motifs is 1. The lowest BCUT2D eigenvalue weighted by Crippen LogP contribution is -2.19. The van der Waals surface area contributed by atoms with Crippen LogP contribution in [-0.2, 0) is 17.8 Å². The zero-order valence-electron chi connectivity index (χ0n) is 14.1. The second-order valence-corrected chi connectivity index (χ2v) is 6.17. The maximum absolute atomic E-state index is 5.60. The molecule has 4 heteroatoms. The van der Waals surface area contributed by atoms with Gasteiger partial charge in [-0.15, -0.1) is 0 Å². The van der Waals surface area contributed by atoms with E-state index in [2.05, 4.69) is 54.9 Å². The van der Waals surface area contributed by atoms with Crippen LogP contribution >= 0.6 is 0 Å². The summed E-state index contributed by atoms with van der Waals surface area (Å²) in [5, 5.41) is 3.49. The average molecular weight is 303 g/mol. The van der Waals surface area contributed by atoms with E-state index in [0.717, 1.165) is 57.0 Å². The van der Waals surface area contributed by atoms with Gasteiger partial charge in [0.25, 0.3) is 0 Å². The minimum absolute atomic E-state index is 0.613. The van der Waals surface area contributed by atoms with Gasteiger partial charge in [-0.2, -0.15) is 0 Å². The van der Waals surface area contributed by atoms with Crippen molar-refractivity contribution in [3.8, 4) is 0 Å². The number of nitrogens with zero attached hydrogens (tertiary/aromatic N) is 2. The van der Waals surface area contributed by atoms with E-state index < -0.39 is 0 Å². The molecule has 0 spiro atoms. The highest BCUT2D eigenvalue weighted by molar-refractivity contribution is 5.75. The van der Waals surface area contributed by atoms with E-state index in [1.165, 1.54) is 5.52 Å². The van der Waals surface area contributed by atoms with E-state index >= 15 is 0 Å². The SMILES string of the molecule is CCCn1c(CNCCCOCC(C)C)nc2ccccc21. The molecule has 0 saturated heterocycles. The molecular weight excluding hydrogens is 274 g/mol. The fraction of sp³-hybridized carbons (Fsp3) is 0.611. The molecule has 0 radical (unpaired) electrons. The Kier molecular flexibility index (Phi) is 6.87. The fourth-order valence-electron chi connectivity index (χ4n) is 2.55. The Labute approximate surface area is 133 Å². The predicted molar refractivity (Wildman–Crippen MR) is 92.0 cm³/mol. The molecule has 2 aromatic rings. The zero-order valence-corrected chi connectivity index (χ0v) is 14.1. The van der Waals surface area contributed by atoms with Crippen molar-refractivity contribution in [2.75, 3.05) is 19.8 Å². The number of benzene rings is 1. The number of nitrogens with one attached hydrogen (secondary N) is 1. The average Bonchev–Trinajstić information content (AvgIpc) is 2.85. The molecular formula is C18H29N3O. The number of imidazole rings is 1. The summed E-state index contributed by atoms with van der Waals surface area (Å²) in [6.07, 6.45) is 2.16. The molecule has 0 saturated carbocycles. The number of para-hydroxylation sites is 2. The lowest BCUT2D eigenvalue weighted by molar-refractivity contribution is 0.108. The molecule has 1 aromatic heterocycles. The van der Waals surface area contributed by atoms with Crippen molar-refractivity contribution in [2.24, 2.45) is 5.92 Å². The molecule has 0 aliphatic rings. The second-order valence-electron chi connectivity index (χ2n) is 6.17. The molecule has 122 valence electrons. The molecule has 0 unspecified atom stereocenters. The van der Waals surface area contributed by atoms with Gasteiger partial charge in [0.15, 0.2) is 0 Å². The van der Waals surface area contributed by atoms with Gasteiger partial charge >= 0.3 is 0 Å². The maximum atomic E-state index is 5.60. The normalized spacial score (nSPS) is 11.6. The molecule has 0 atom stereocenters. The molecule has 1 N–H and O–H groups in total. The smallest absolute Gasteiger partial charge is 0.123 e. The van der Waals surface area contributed by atoms with Crippen molar-refractivity contribution < 1.29 is 4.74 Å². The van der Waals surface area contributed by atoms with E-state index in [1.807, 2.05) is 0 Å². The van der Waals surface area contributed by atoms with Crippen molar-refractivity contribution in [3.63, 3.8) is 0 Å². The highest BCUT2D eigenvalue weighted by atomic mass is 16.5. The van der Waals surface area contributed by atoms with Crippen LogP contribution in [-0.4, -0.2) is 29.3 Å². The molecule has 1 aromatic carbocycles. The quantitative estimate of drug-likeness (QED) is 0.682. The first kappa shape index (κ1) is 17.0. The number of aromatic nitrogens is 2. The van der Waals surface area contributed by atoms with Crippen LogP contribution in [0.3, 0.4) is 0 Å². The number of hydrogen-bond acceptors (Lipinski definition) is 3. The summed E-state index contributed by atoms with van der Waals surface area (Å²) in [4.78, 5) is 4.76. The van der Waals surface area contributed by atoms with Crippen molar-refractivity contribution in [2.45, 2.75) is 46.7 Å². The van der Waals surface area contributed by atoms with Gasteiger partial charge in [-0.25, -0.2) is 4.98 Å². The van der Waals surface area contributed by atoms with Gasteiger partial charge in [0.2, 0.25) is 0 Å². The van der Waals surface area contributed by atoms with Crippen molar-refractivity contribution in [1.82, 2.24) is 14.9 Å². The zero-order chi connectivity index (χ0) is 15.8. The molecule has 2 rings (SSSR count). The number of rotatable bonds is 10. The Morgan fingerprint density at radius 3 is 2.86 bits per heavy atom. The monoisotopic (exact) mass is 303 g/mol. The minimum atomic E-state index is 0.613. The van der Waals surface area contributed by atoms with Crippen LogP contribution in [0.4, 0.5) is 0 Å². The van der Waals surface area contributed by atoms with Gasteiger partial charge in [-0.1, -0.05) is 32.9 Å². The highest BCUT2D eigenvalue weighted by Crippen LogP contribution is 2.16. The summed E-state index contributed by atoms with van der Waals surface area (Å²) < 4.78 is 7.93. The molecule has 0 amide bonds. The Morgan fingerprint density at radius 2 is 2.09 bits per heavy atom. The number of hydrogen-bond donors (Lipinski definition) is 1. The first-order valence-electron chi connectivity index (χ1n) is 8.45. The topological polar surface area (TPSA) is 39.1 Å². The Morgan fingerprint density at radius 1 is 1.27 bits per heavy atom. The van der Waals surface area contributed by atoms with E-state index in [-0.39, 0.29) is 0 Å². The molecule has 1 heterocycles. The molecule has 4 nitrogen and oxygen atoms in total. The maximum Gasteiger partial charge on any atom is 0.123 e. The van der Waals surface area contributed by atoms with Crippen molar-refractivity contribution >= 4 is 11.0 Å². The van der Waals surface area contributed by atoms with Crippen LogP contribution in [0.5, 0.6) is 0 Å². The van der Waals surface area contributed by atoms with Gasteiger partial charge in [0.1, 0.15) is 5.82 Å². The van der Waals surface area contributed by atoms with E-state index in [4.69, 9.17) is 9.72 Å². The Balaban J connectivity index is 1.82. The molecule has 0 fully saturated rings. The minimum Gasteiger partial charge on any atom is -0.381 e. The largest absolute Gasteiger partial charge is 0.381 e. The first-order valence-corrected chi connectivity index (χ1v) is 8.45. The molecule has 0 aliphatic carbocycles. The lowest BCUT2D eigenvalue weighted by Gasteiger charge is -2.09. The number of ether oxygens (including phenoxy) is 1. The standard InChI is InChI=1S/C18H29N3O/c1-4-11-21-17-9-6-5-8-16(17)20-18(21)13-19-10-7-12-22-14-15(2)3/h5-6,8-9,15,19H,4,7,10-14H2,1-3H3. The molecule has 22 heavy (non-hydrogen) atoms. The van der Waals surface area contributed by atoms with Crippen LogP contribution in [0.15, 0.2) is 24.3 Å². The van der Waals surface area contributed by atoms with Crippen LogP contribution in [0.2, 0.25) is 0 Å². The molecule has 0 aliphatic heterocycles. The van der Waals surface area contributed by atoms with Gasteiger partial charge in [0.05, 0.1) is 17.6 Å². The summed E-state index contributed by atoms with van der Waals surface area (Å²) in [6.45, 7) is 11.1. The van der Waals surface area contributed by atoms with Crippen LogP contribution in [0.25, 0.3) is 11.0 Å². The number of aryl methyl sites for hydroxylation is 1. The summed E-state index contributed by atoms with van der Waals surface area (Å²) in [5.74, 6) is 1.74. The fourth-order valence-corrected chi connectivity index (χ4v) is 2.55. The van der Waals surface area contributed by atoms with Crippen LogP contribution in [0, 0.1) is 5.92 Å². The Bertz CT molecular complexity index is 562. The second kappa shape index (κ2) is 8.91. The van der Waals surface area contributed by atoms with E-state index in [1.54, 1.807) is 0 Å². The molecule has 0 bridgehead atoms. The summed E-state index contributed by atoms with van der Waals surface area (Å²) in [5.41, 5.74) is 2.33. The summed E-state index contributed by atoms with van der Waals surface area (Å²) >= 11 is 0. The van der Waals surface area contributed by atoms with Gasteiger partial charge in [-0.05, 0) is 37.4 Å². The predicted octanol–water partition coefficient (Wildman–Crippen LogP) is 3.60. The van der Waals surface area contributed by atoms with Crippen molar-refractivity contribution in [3.05, 3.63) is 30.1 Å². The third-order valence-corrected chi connectivity index (χ3v) is 3.56. The van der Waals surface area contributed by atoms with Gasteiger partial charge in [0, 0.05) is 19.8 Å². The lowest BCUT2D eigenvalue weighted by atomic mass is 10.2.